The van der Waals surface area contributed by atoms with E-state index in [4.69, 9.17) is 11.6 Å². The molecule has 1 aliphatic heterocycles. The second-order valence-corrected chi connectivity index (χ2v) is 8.81. The number of benzene rings is 2. The Morgan fingerprint density at radius 2 is 1.72 bits per heavy atom. The molecule has 0 unspecified atom stereocenters. The van der Waals surface area contributed by atoms with E-state index in [9.17, 15) is 8.42 Å². The topological polar surface area (TPSA) is 49.4 Å². The Balaban J connectivity index is 1.92. The molecule has 0 aromatic heterocycles. The smallest absolute Gasteiger partial charge is 0.261 e. The third-order valence-corrected chi connectivity index (χ3v) is 6.35. The van der Waals surface area contributed by atoms with E-state index in [0.717, 1.165) is 37.2 Å². The fourth-order valence-electron chi connectivity index (χ4n) is 3.07. The molecule has 1 heterocycles. The van der Waals surface area contributed by atoms with Crippen LogP contribution in [0.4, 0.5) is 11.4 Å². The number of nitrogens with one attached hydrogen (secondary N) is 1. The minimum Gasteiger partial charge on any atom is -0.369 e. The summed E-state index contributed by atoms with van der Waals surface area (Å²) in [6.07, 6.45) is 2.16. The van der Waals surface area contributed by atoms with Crippen molar-refractivity contribution in [1.82, 2.24) is 0 Å². The average molecular weight is 379 g/mol. The lowest BCUT2D eigenvalue weighted by Crippen LogP contribution is -2.33. The zero-order chi connectivity index (χ0) is 18.0. The molecule has 0 amide bonds. The van der Waals surface area contributed by atoms with Crippen LogP contribution < -0.4 is 9.62 Å². The first-order valence-electron chi connectivity index (χ1n) is 8.50. The van der Waals surface area contributed by atoms with Gasteiger partial charge < -0.3 is 4.90 Å². The third-order valence-electron chi connectivity index (χ3n) is 4.66. The van der Waals surface area contributed by atoms with Crippen LogP contribution in [0.5, 0.6) is 0 Å². The van der Waals surface area contributed by atoms with Gasteiger partial charge in [0, 0.05) is 13.1 Å². The van der Waals surface area contributed by atoms with Crippen molar-refractivity contribution in [1.29, 1.82) is 0 Å². The van der Waals surface area contributed by atoms with Crippen LogP contribution in [-0.2, 0) is 10.0 Å². The number of anilines is 2. The number of hydrogen-bond acceptors (Lipinski definition) is 3. The molecule has 3 rings (SSSR count). The Kier molecular flexibility index (Phi) is 5.25. The lowest BCUT2D eigenvalue weighted by molar-refractivity contribution is 0.439. The number of nitrogens with zero attached hydrogens (tertiary/aromatic N) is 1. The Morgan fingerprint density at radius 3 is 2.36 bits per heavy atom. The number of halogens is 1. The summed E-state index contributed by atoms with van der Waals surface area (Å²) in [5.74, 6) is 0.687. The van der Waals surface area contributed by atoms with Crippen molar-refractivity contribution in [2.75, 3.05) is 22.7 Å². The van der Waals surface area contributed by atoms with Crippen LogP contribution in [0.3, 0.4) is 0 Å². The molecule has 6 heteroatoms. The zero-order valence-electron chi connectivity index (χ0n) is 14.5. The number of sulfonamides is 1. The van der Waals surface area contributed by atoms with E-state index >= 15 is 0 Å². The van der Waals surface area contributed by atoms with Crippen molar-refractivity contribution in [3.05, 3.63) is 53.1 Å². The average Bonchev–Trinajstić information content (AvgIpc) is 2.56. The molecule has 4 nitrogen and oxygen atoms in total. The van der Waals surface area contributed by atoms with Gasteiger partial charge in [0.2, 0.25) is 0 Å². The molecule has 0 radical (unpaired) electrons. The maximum Gasteiger partial charge on any atom is 0.261 e. The molecule has 0 spiro atoms. The molecule has 2 aromatic carbocycles. The molecular formula is C19H23ClN2O2S. The molecule has 2 aromatic rings. The molecule has 0 saturated carbocycles. The predicted octanol–water partition coefficient (Wildman–Crippen LogP) is 4.69. The molecule has 1 N–H and O–H groups in total. The zero-order valence-corrected chi connectivity index (χ0v) is 16.1. The highest BCUT2D eigenvalue weighted by atomic mass is 35.5. The van der Waals surface area contributed by atoms with Crippen molar-refractivity contribution in [2.45, 2.75) is 31.6 Å². The first kappa shape index (κ1) is 18.1. The quantitative estimate of drug-likeness (QED) is 0.839. The van der Waals surface area contributed by atoms with E-state index in [1.807, 2.05) is 6.92 Å². The summed E-state index contributed by atoms with van der Waals surface area (Å²) in [5.41, 5.74) is 2.32. The van der Waals surface area contributed by atoms with Crippen LogP contribution in [0.25, 0.3) is 0 Å². The van der Waals surface area contributed by atoms with Crippen molar-refractivity contribution < 1.29 is 8.42 Å². The van der Waals surface area contributed by atoms with Crippen molar-refractivity contribution in [3.8, 4) is 0 Å². The molecule has 0 bridgehead atoms. The summed E-state index contributed by atoms with van der Waals surface area (Å²) in [4.78, 5) is 2.42. The van der Waals surface area contributed by atoms with Gasteiger partial charge in [0.15, 0.2) is 0 Å². The van der Waals surface area contributed by atoms with Crippen LogP contribution in [0, 0.1) is 12.8 Å². The summed E-state index contributed by atoms with van der Waals surface area (Å²) in [6, 6.07) is 12.2. The Bertz CT molecular complexity index is 842. The standard InChI is InChI=1S/C19H23ClN2O2S/c1-14-6-8-16(9-7-14)25(23,24)21-18-5-3-4-17(20)19(18)22-12-10-15(2)11-13-22/h3-9,15,21H,10-13H2,1-2H3. The number of para-hydroxylation sites is 1. The van der Waals surface area contributed by atoms with E-state index in [1.165, 1.54) is 0 Å². The summed E-state index contributed by atoms with van der Waals surface area (Å²) in [6.45, 7) is 5.93. The molecule has 134 valence electrons. The summed E-state index contributed by atoms with van der Waals surface area (Å²) in [5, 5.41) is 0.568. The summed E-state index contributed by atoms with van der Waals surface area (Å²) >= 11 is 6.42. The van der Waals surface area contributed by atoms with Gasteiger partial charge in [-0.15, -0.1) is 0 Å². The molecule has 1 fully saturated rings. The van der Waals surface area contributed by atoms with Crippen molar-refractivity contribution in [2.24, 2.45) is 5.92 Å². The highest BCUT2D eigenvalue weighted by molar-refractivity contribution is 7.92. The van der Waals surface area contributed by atoms with Gasteiger partial charge in [-0.25, -0.2) is 8.42 Å². The minimum absolute atomic E-state index is 0.247. The highest BCUT2D eigenvalue weighted by Crippen LogP contribution is 2.37. The molecule has 0 atom stereocenters. The summed E-state index contributed by atoms with van der Waals surface area (Å²) in [7, 11) is -3.65. The summed E-state index contributed by atoms with van der Waals surface area (Å²) < 4.78 is 28.2. The number of hydrogen-bond donors (Lipinski definition) is 1. The van der Waals surface area contributed by atoms with Gasteiger partial charge in [0.05, 0.1) is 21.3 Å². The number of aryl methyl sites for hydroxylation is 1. The number of piperidine rings is 1. The molecule has 25 heavy (non-hydrogen) atoms. The van der Waals surface area contributed by atoms with E-state index in [-0.39, 0.29) is 4.90 Å². The first-order chi connectivity index (χ1) is 11.9. The SMILES string of the molecule is Cc1ccc(S(=O)(=O)Nc2cccc(Cl)c2N2CCC(C)CC2)cc1. The van der Waals surface area contributed by atoms with E-state index in [2.05, 4.69) is 16.5 Å². The first-order valence-corrected chi connectivity index (χ1v) is 10.4. The predicted molar refractivity (Wildman–Crippen MR) is 104 cm³/mol. The van der Waals surface area contributed by atoms with Gasteiger partial charge in [-0.1, -0.05) is 42.3 Å². The fourth-order valence-corrected chi connectivity index (χ4v) is 4.43. The lowest BCUT2D eigenvalue weighted by atomic mass is 9.98. The molecule has 1 aliphatic rings. The normalized spacial score (nSPS) is 16.0. The third kappa shape index (κ3) is 4.10. The van der Waals surface area contributed by atoms with E-state index < -0.39 is 10.0 Å². The van der Waals surface area contributed by atoms with Crippen LogP contribution in [0.2, 0.25) is 5.02 Å². The maximum absolute atomic E-state index is 12.7. The lowest BCUT2D eigenvalue weighted by Gasteiger charge is -2.34. The van der Waals surface area contributed by atoms with Gasteiger partial charge >= 0.3 is 0 Å². The maximum atomic E-state index is 12.7. The highest BCUT2D eigenvalue weighted by Gasteiger charge is 2.23. The minimum atomic E-state index is -3.65. The van der Waals surface area contributed by atoms with E-state index in [0.29, 0.717) is 16.6 Å². The van der Waals surface area contributed by atoms with Gasteiger partial charge in [-0.3, -0.25) is 4.72 Å². The monoisotopic (exact) mass is 378 g/mol. The van der Waals surface area contributed by atoms with Gasteiger partial charge in [-0.2, -0.15) is 0 Å². The Morgan fingerprint density at radius 1 is 1.08 bits per heavy atom. The van der Waals surface area contributed by atoms with Crippen LogP contribution in [0.1, 0.15) is 25.3 Å². The largest absolute Gasteiger partial charge is 0.369 e. The molecule has 1 saturated heterocycles. The van der Waals surface area contributed by atoms with Crippen molar-refractivity contribution >= 4 is 33.0 Å². The Labute approximate surface area is 154 Å². The second-order valence-electron chi connectivity index (χ2n) is 6.72. The fraction of sp³-hybridized carbons (Fsp3) is 0.368. The van der Waals surface area contributed by atoms with E-state index in [1.54, 1.807) is 42.5 Å². The van der Waals surface area contributed by atoms with Crippen LogP contribution >= 0.6 is 11.6 Å². The van der Waals surface area contributed by atoms with Gasteiger partial charge in [0.1, 0.15) is 0 Å². The van der Waals surface area contributed by atoms with Crippen LogP contribution in [0.15, 0.2) is 47.4 Å². The van der Waals surface area contributed by atoms with Gasteiger partial charge in [0.25, 0.3) is 10.0 Å². The number of rotatable bonds is 4. The molecular weight excluding hydrogens is 356 g/mol. The Hall–Kier alpha value is -1.72. The molecule has 0 aliphatic carbocycles. The van der Waals surface area contributed by atoms with Crippen LogP contribution in [-0.4, -0.2) is 21.5 Å². The van der Waals surface area contributed by atoms with Crippen molar-refractivity contribution in [3.63, 3.8) is 0 Å². The second kappa shape index (κ2) is 7.26. The van der Waals surface area contributed by atoms with Gasteiger partial charge in [-0.05, 0) is 49.9 Å².